The zero-order valence-electron chi connectivity index (χ0n) is 19.3. The molecule has 0 aromatic heterocycles. The average Bonchev–Trinajstić information content (AvgIpc) is 2.86. The molecule has 1 amide bonds. The second-order valence-corrected chi connectivity index (χ2v) is 8.15. The van der Waals surface area contributed by atoms with Gasteiger partial charge in [-0.05, 0) is 52.9 Å². The van der Waals surface area contributed by atoms with Gasteiger partial charge in [-0.15, -0.1) is 13.2 Å². The largest absolute Gasteiger partial charge is 0.573 e. The minimum Gasteiger partial charge on any atom is -0.482 e. The Morgan fingerprint density at radius 2 is 1.73 bits per heavy atom. The topological polar surface area (TPSA) is 85.3 Å². The minimum absolute atomic E-state index is 0.0194. The van der Waals surface area contributed by atoms with Crippen molar-refractivity contribution in [3.8, 4) is 22.6 Å². The Balaban J connectivity index is 1.67. The molecule has 0 radical (unpaired) electrons. The van der Waals surface area contributed by atoms with Crippen LogP contribution in [0.4, 0.5) is 22.4 Å². The molecule has 3 aromatic rings. The summed E-state index contributed by atoms with van der Waals surface area (Å²) < 4.78 is 68.7. The summed E-state index contributed by atoms with van der Waals surface area (Å²) in [4.78, 5) is 24.9. The van der Waals surface area contributed by atoms with Crippen molar-refractivity contribution in [3.05, 3.63) is 83.2 Å². The molecular formula is C26H21F4NO6. The number of carbonyl (C=O) groups excluding carboxylic acids is 1. The number of hydrogen-bond acceptors (Lipinski definition) is 5. The third kappa shape index (κ3) is 6.49. The molecule has 0 spiro atoms. The van der Waals surface area contributed by atoms with E-state index < -0.39 is 36.6 Å². The highest BCUT2D eigenvalue weighted by atomic mass is 19.4. The molecule has 11 heteroatoms. The van der Waals surface area contributed by atoms with Crippen LogP contribution in [0.5, 0.6) is 11.5 Å². The van der Waals surface area contributed by atoms with E-state index in [-0.39, 0.29) is 54.1 Å². The lowest BCUT2D eigenvalue weighted by molar-refractivity contribution is -0.274. The summed E-state index contributed by atoms with van der Waals surface area (Å²) >= 11 is 0. The Hall–Kier alpha value is -4.28. The molecule has 0 bridgehead atoms. The predicted molar refractivity (Wildman–Crippen MR) is 122 cm³/mol. The van der Waals surface area contributed by atoms with Gasteiger partial charge in [-0.3, -0.25) is 0 Å². The number of fused-ring (bicyclic) bond motifs is 1. The standard InChI is InChI=1S/C26H21F4NO6/c27-22-8-7-18(20-12-17(35-15-24(32)33)6-9-23(20)37-26(28,29)30)21-13-31(11-10-19(21)22)25(34)36-14-16-4-2-1-3-5-16/h1-9,12H,10-11,13-15H2,(H,32,33). The second-order valence-electron chi connectivity index (χ2n) is 8.15. The molecule has 0 unspecified atom stereocenters. The molecule has 37 heavy (non-hydrogen) atoms. The van der Waals surface area contributed by atoms with Gasteiger partial charge in [0.25, 0.3) is 0 Å². The summed E-state index contributed by atoms with van der Waals surface area (Å²) in [5.41, 5.74) is 1.38. The second kappa shape index (κ2) is 10.8. The Kier molecular flexibility index (Phi) is 7.51. The van der Waals surface area contributed by atoms with Gasteiger partial charge in [0.1, 0.15) is 23.9 Å². The molecule has 194 valence electrons. The zero-order valence-corrected chi connectivity index (χ0v) is 19.3. The predicted octanol–water partition coefficient (Wildman–Crippen LogP) is 5.55. The fourth-order valence-electron chi connectivity index (χ4n) is 4.02. The van der Waals surface area contributed by atoms with E-state index in [9.17, 15) is 27.2 Å². The van der Waals surface area contributed by atoms with E-state index >= 15 is 0 Å². The van der Waals surface area contributed by atoms with Gasteiger partial charge in [0.15, 0.2) is 6.61 Å². The number of amides is 1. The van der Waals surface area contributed by atoms with E-state index in [4.69, 9.17) is 14.6 Å². The normalized spacial score (nSPS) is 13.0. The highest BCUT2D eigenvalue weighted by molar-refractivity contribution is 5.77. The number of nitrogens with zero attached hydrogens (tertiary/aromatic N) is 1. The van der Waals surface area contributed by atoms with E-state index in [1.54, 1.807) is 24.3 Å². The van der Waals surface area contributed by atoms with Crippen LogP contribution in [0.15, 0.2) is 60.7 Å². The molecule has 1 aliphatic heterocycles. The Bertz CT molecular complexity index is 1300. The highest BCUT2D eigenvalue weighted by Gasteiger charge is 2.34. The van der Waals surface area contributed by atoms with Crippen LogP contribution in [0, 0.1) is 5.82 Å². The van der Waals surface area contributed by atoms with Crippen LogP contribution in [0.2, 0.25) is 0 Å². The zero-order chi connectivity index (χ0) is 26.6. The van der Waals surface area contributed by atoms with Crippen LogP contribution in [0.25, 0.3) is 11.1 Å². The summed E-state index contributed by atoms with van der Waals surface area (Å²) in [5.74, 6) is -2.46. The first kappa shape index (κ1) is 25.8. The molecule has 7 nitrogen and oxygen atoms in total. The molecule has 1 N–H and O–H groups in total. The van der Waals surface area contributed by atoms with Crippen molar-refractivity contribution >= 4 is 12.1 Å². The fourth-order valence-corrected chi connectivity index (χ4v) is 4.02. The number of halogens is 4. The van der Waals surface area contributed by atoms with E-state index in [2.05, 4.69) is 4.74 Å². The SMILES string of the molecule is O=C(O)COc1ccc(OC(F)(F)F)c(-c2ccc(F)c3c2CN(C(=O)OCc2ccccc2)CC3)c1. The number of carboxylic acid groups (broad SMARTS) is 1. The van der Waals surface area contributed by atoms with Crippen molar-refractivity contribution in [1.29, 1.82) is 0 Å². The van der Waals surface area contributed by atoms with E-state index in [0.29, 0.717) is 0 Å². The van der Waals surface area contributed by atoms with Gasteiger partial charge >= 0.3 is 18.4 Å². The lowest BCUT2D eigenvalue weighted by Crippen LogP contribution is -2.37. The molecule has 4 rings (SSSR count). The minimum atomic E-state index is -5.02. The van der Waals surface area contributed by atoms with Crippen LogP contribution < -0.4 is 9.47 Å². The summed E-state index contributed by atoms with van der Waals surface area (Å²) in [6.07, 6.45) is -5.57. The van der Waals surface area contributed by atoms with E-state index in [0.717, 1.165) is 23.8 Å². The van der Waals surface area contributed by atoms with Crippen molar-refractivity contribution in [1.82, 2.24) is 4.90 Å². The average molecular weight is 519 g/mol. The summed E-state index contributed by atoms with van der Waals surface area (Å²) in [6.45, 7) is -0.677. The first-order valence-corrected chi connectivity index (χ1v) is 11.1. The first-order valence-electron chi connectivity index (χ1n) is 11.1. The third-order valence-electron chi connectivity index (χ3n) is 5.65. The molecule has 3 aromatic carbocycles. The molecular weight excluding hydrogens is 498 g/mol. The van der Waals surface area contributed by atoms with Gasteiger partial charge in [-0.2, -0.15) is 0 Å². The number of rotatable bonds is 7. The number of benzene rings is 3. The summed E-state index contributed by atoms with van der Waals surface area (Å²) in [5, 5.41) is 8.87. The molecule has 0 aliphatic carbocycles. The van der Waals surface area contributed by atoms with Gasteiger partial charge in [-0.1, -0.05) is 36.4 Å². The van der Waals surface area contributed by atoms with Crippen LogP contribution in [0.1, 0.15) is 16.7 Å². The molecule has 0 fully saturated rings. The van der Waals surface area contributed by atoms with E-state index in [1.807, 2.05) is 6.07 Å². The van der Waals surface area contributed by atoms with Crippen molar-refractivity contribution in [2.24, 2.45) is 0 Å². The number of aliphatic carboxylic acids is 1. The molecule has 0 saturated heterocycles. The van der Waals surface area contributed by atoms with Crippen LogP contribution in [-0.2, 0) is 29.1 Å². The van der Waals surface area contributed by atoms with Crippen LogP contribution in [0.3, 0.4) is 0 Å². The molecule has 1 aliphatic rings. The maximum Gasteiger partial charge on any atom is 0.573 e. The first-order chi connectivity index (χ1) is 17.6. The fraction of sp³-hybridized carbons (Fsp3) is 0.231. The van der Waals surface area contributed by atoms with Crippen molar-refractivity contribution in [2.45, 2.75) is 25.9 Å². The van der Waals surface area contributed by atoms with Crippen molar-refractivity contribution < 1.29 is 46.5 Å². The van der Waals surface area contributed by atoms with Gasteiger partial charge < -0.3 is 24.2 Å². The quantitative estimate of drug-likeness (QED) is 0.412. The Morgan fingerprint density at radius 3 is 2.43 bits per heavy atom. The van der Waals surface area contributed by atoms with Crippen molar-refractivity contribution in [2.75, 3.05) is 13.2 Å². The number of ether oxygens (including phenoxy) is 3. The number of carbonyl (C=O) groups is 2. The molecule has 1 heterocycles. The lowest BCUT2D eigenvalue weighted by atomic mass is 9.90. The van der Waals surface area contributed by atoms with Gasteiger partial charge in [0.2, 0.25) is 0 Å². The Morgan fingerprint density at radius 1 is 0.973 bits per heavy atom. The van der Waals surface area contributed by atoms with E-state index in [1.165, 1.54) is 17.0 Å². The van der Waals surface area contributed by atoms with Gasteiger partial charge in [0, 0.05) is 18.7 Å². The third-order valence-corrected chi connectivity index (χ3v) is 5.65. The molecule has 0 saturated carbocycles. The molecule has 0 atom stereocenters. The Labute approximate surface area is 208 Å². The van der Waals surface area contributed by atoms with Crippen LogP contribution in [-0.4, -0.2) is 41.6 Å². The number of alkyl halides is 3. The lowest BCUT2D eigenvalue weighted by Gasteiger charge is -2.30. The monoisotopic (exact) mass is 519 g/mol. The maximum atomic E-state index is 14.7. The van der Waals surface area contributed by atoms with Crippen LogP contribution >= 0.6 is 0 Å². The van der Waals surface area contributed by atoms with Crippen molar-refractivity contribution in [3.63, 3.8) is 0 Å². The number of hydrogen-bond donors (Lipinski definition) is 1. The summed E-state index contributed by atoms with van der Waals surface area (Å²) in [7, 11) is 0. The maximum absolute atomic E-state index is 14.7. The number of carboxylic acids is 1. The highest BCUT2D eigenvalue weighted by Crippen LogP contribution is 2.41. The summed E-state index contributed by atoms with van der Waals surface area (Å²) in [6, 6.07) is 14.7. The van der Waals surface area contributed by atoms with Gasteiger partial charge in [0.05, 0.1) is 0 Å². The smallest absolute Gasteiger partial charge is 0.482 e. The van der Waals surface area contributed by atoms with Gasteiger partial charge in [-0.25, -0.2) is 14.0 Å².